The summed E-state index contributed by atoms with van der Waals surface area (Å²) in [6.07, 6.45) is -0.106. The highest BCUT2D eigenvalue weighted by Gasteiger charge is 2.13. The van der Waals surface area contributed by atoms with Crippen molar-refractivity contribution in [3.63, 3.8) is 0 Å². The summed E-state index contributed by atoms with van der Waals surface area (Å²) in [6.45, 7) is 0. The zero-order valence-electron chi connectivity index (χ0n) is 16.6. The molecule has 7 heteroatoms. The molecule has 4 aromatic rings. The van der Waals surface area contributed by atoms with E-state index in [2.05, 4.69) is 5.32 Å². The third-order valence-electron chi connectivity index (χ3n) is 4.88. The molecular weight excluding hydrogens is 416 g/mol. The van der Waals surface area contributed by atoms with E-state index in [1.807, 2.05) is 41.9 Å². The highest BCUT2D eigenvalue weighted by Crippen LogP contribution is 2.31. The van der Waals surface area contributed by atoms with E-state index in [0.29, 0.717) is 33.5 Å². The predicted molar refractivity (Wildman–Crippen MR) is 120 cm³/mol. The second-order valence-electron chi connectivity index (χ2n) is 7.06. The number of benzene rings is 3. The largest absolute Gasteiger partial charge is 0.481 e. The fraction of sp³-hybridized carbons (Fsp3) is 0.0833. The number of aromatic nitrogens is 1. The van der Waals surface area contributed by atoms with Crippen molar-refractivity contribution in [2.24, 2.45) is 7.05 Å². The highest BCUT2D eigenvalue weighted by atomic mass is 35.5. The Labute approximate surface area is 183 Å². The third-order valence-corrected chi connectivity index (χ3v) is 5.17. The Morgan fingerprint density at radius 2 is 1.77 bits per heavy atom. The number of hydrogen-bond acceptors (Lipinski definition) is 3. The molecule has 0 saturated heterocycles. The highest BCUT2D eigenvalue weighted by molar-refractivity contribution is 6.32. The van der Waals surface area contributed by atoms with E-state index in [-0.39, 0.29) is 12.3 Å². The molecule has 0 saturated carbocycles. The van der Waals surface area contributed by atoms with Gasteiger partial charge in [-0.1, -0.05) is 35.9 Å². The van der Waals surface area contributed by atoms with Gasteiger partial charge in [-0.05, 0) is 54.1 Å². The molecule has 0 bridgehead atoms. The maximum atomic E-state index is 12.7. The summed E-state index contributed by atoms with van der Waals surface area (Å²) in [5.41, 5.74) is 2.78. The Bertz CT molecular complexity index is 1280. The number of ether oxygens (including phenoxy) is 1. The maximum Gasteiger partial charge on any atom is 0.307 e. The molecule has 4 rings (SSSR count). The first-order chi connectivity index (χ1) is 14.9. The summed E-state index contributed by atoms with van der Waals surface area (Å²) in [6, 6.07) is 21.5. The average molecular weight is 435 g/mol. The van der Waals surface area contributed by atoms with Gasteiger partial charge in [-0.3, -0.25) is 9.59 Å². The number of halogens is 1. The van der Waals surface area contributed by atoms with Gasteiger partial charge < -0.3 is 19.7 Å². The van der Waals surface area contributed by atoms with Crippen molar-refractivity contribution >= 4 is 40.1 Å². The number of hydrogen-bond donors (Lipinski definition) is 2. The Hall–Kier alpha value is -3.77. The van der Waals surface area contributed by atoms with Crippen LogP contribution in [0.15, 0.2) is 72.8 Å². The third kappa shape index (κ3) is 4.54. The van der Waals surface area contributed by atoms with Crippen LogP contribution < -0.4 is 10.1 Å². The van der Waals surface area contributed by atoms with Crippen LogP contribution in [0.5, 0.6) is 11.5 Å². The lowest BCUT2D eigenvalue weighted by molar-refractivity contribution is -0.136. The minimum Gasteiger partial charge on any atom is -0.481 e. The molecule has 3 aromatic carbocycles. The fourth-order valence-electron chi connectivity index (χ4n) is 3.35. The van der Waals surface area contributed by atoms with Gasteiger partial charge in [0.05, 0.1) is 11.4 Å². The van der Waals surface area contributed by atoms with E-state index in [1.54, 1.807) is 42.5 Å². The summed E-state index contributed by atoms with van der Waals surface area (Å²) in [4.78, 5) is 23.5. The van der Waals surface area contributed by atoms with E-state index in [0.717, 1.165) is 10.9 Å². The zero-order chi connectivity index (χ0) is 22.0. The van der Waals surface area contributed by atoms with Crippen LogP contribution in [0.2, 0.25) is 5.02 Å². The molecule has 0 atom stereocenters. The van der Waals surface area contributed by atoms with Gasteiger partial charge in [-0.25, -0.2) is 0 Å². The van der Waals surface area contributed by atoms with Crippen LogP contribution in [-0.2, 0) is 18.3 Å². The van der Waals surface area contributed by atoms with Crippen molar-refractivity contribution in [1.82, 2.24) is 4.57 Å². The molecular formula is C24H19ClN2O4. The first-order valence-electron chi connectivity index (χ1n) is 9.54. The van der Waals surface area contributed by atoms with Gasteiger partial charge in [0.15, 0.2) is 0 Å². The van der Waals surface area contributed by atoms with Crippen LogP contribution in [0.1, 0.15) is 16.1 Å². The molecule has 0 unspecified atom stereocenters. The van der Waals surface area contributed by atoms with Crippen molar-refractivity contribution in [2.75, 3.05) is 5.32 Å². The van der Waals surface area contributed by atoms with Crippen LogP contribution in [0.25, 0.3) is 10.9 Å². The molecule has 2 N–H and O–H groups in total. The Morgan fingerprint density at radius 1 is 1.03 bits per heavy atom. The van der Waals surface area contributed by atoms with Crippen molar-refractivity contribution in [1.29, 1.82) is 0 Å². The quantitative estimate of drug-likeness (QED) is 0.419. The van der Waals surface area contributed by atoms with Crippen molar-refractivity contribution in [2.45, 2.75) is 6.42 Å². The van der Waals surface area contributed by atoms with Gasteiger partial charge in [0.1, 0.15) is 17.2 Å². The molecule has 1 heterocycles. The topological polar surface area (TPSA) is 80.6 Å². The zero-order valence-corrected chi connectivity index (χ0v) is 17.4. The van der Waals surface area contributed by atoms with E-state index < -0.39 is 5.97 Å². The lowest BCUT2D eigenvalue weighted by Gasteiger charge is -2.10. The van der Waals surface area contributed by atoms with Crippen molar-refractivity contribution in [3.05, 3.63) is 89.1 Å². The number of anilines is 1. The van der Waals surface area contributed by atoms with E-state index in [1.165, 1.54) is 0 Å². The summed E-state index contributed by atoms with van der Waals surface area (Å²) >= 11 is 6.20. The molecule has 1 aromatic heterocycles. The minimum atomic E-state index is -0.925. The van der Waals surface area contributed by atoms with Gasteiger partial charge >= 0.3 is 5.97 Å². The lowest BCUT2D eigenvalue weighted by Crippen LogP contribution is -2.15. The number of amides is 1. The number of nitrogens with zero attached hydrogens (tertiary/aromatic N) is 1. The van der Waals surface area contributed by atoms with E-state index in [4.69, 9.17) is 21.4 Å². The Morgan fingerprint density at radius 3 is 2.45 bits per heavy atom. The van der Waals surface area contributed by atoms with Crippen LogP contribution >= 0.6 is 11.6 Å². The van der Waals surface area contributed by atoms with Gasteiger partial charge in [0.2, 0.25) is 0 Å². The van der Waals surface area contributed by atoms with Crippen LogP contribution in [0.3, 0.4) is 0 Å². The number of carbonyl (C=O) groups is 2. The number of aliphatic carboxylic acids is 1. The van der Waals surface area contributed by atoms with Gasteiger partial charge in [0, 0.05) is 23.6 Å². The second kappa shape index (κ2) is 8.53. The number of fused-ring (bicyclic) bond motifs is 1. The fourth-order valence-corrected chi connectivity index (χ4v) is 3.59. The SMILES string of the molecule is Cn1c(C(=O)Nc2ccc(Oc3ccc(CC(=O)O)cc3Cl)cc2)cc2ccccc21. The van der Waals surface area contributed by atoms with Crippen LogP contribution in [0.4, 0.5) is 5.69 Å². The number of carbonyl (C=O) groups excluding carboxylic acids is 1. The standard InChI is InChI=1S/C24H19ClN2O4/c1-27-20-5-3-2-4-16(20)14-21(27)24(30)26-17-7-9-18(10-8-17)31-22-11-6-15(12-19(22)25)13-23(28)29/h2-12,14H,13H2,1H3,(H,26,30)(H,28,29). The number of aryl methyl sites for hydroxylation is 1. The summed E-state index contributed by atoms with van der Waals surface area (Å²) < 4.78 is 7.64. The first kappa shape index (κ1) is 20.5. The average Bonchev–Trinajstić information content (AvgIpc) is 3.08. The number of nitrogens with one attached hydrogen (secondary N) is 1. The van der Waals surface area contributed by atoms with Gasteiger partial charge in [0.25, 0.3) is 5.91 Å². The molecule has 156 valence electrons. The molecule has 0 aliphatic heterocycles. The van der Waals surface area contributed by atoms with Crippen molar-refractivity contribution < 1.29 is 19.4 Å². The van der Waals surface area contributed by atoms with Crippen LogP contribution in [-0.4, -0.2) is 21.6 Å². The first-order valence-corrected chi connectivity index (χ1v) is 9.92. The summed E-state index contributed by atoms with van der Waals surface area (Å²) in [5, 5.41) is 13.1. The summed E-state index contributed by atoms with van der Waals surface area (Å²) in [5.74, 6) is -0.172. The molecule has 0 radical (unpaired) electrons. The maximum absolute atomic E-state index is 12.7. The lowest BCUT2D eigenvalue weighted by atomic mass is 10.1. The predicted octanol–water partition coefficient (Wildman–Crippen LogP) is 5.50. The van der Waals surface area contributed by atoms with E-state index in [9.17, 15) is 9.59 Å². The molecule has 6 nitrogen and oxygen atoms in total. The van der Waals surface area contributed by atoms with E-state index >= 15 is 0 Å². The molecule has 0 fully saturated rings. The second-order valence-corrected chi connectivity index (χ2v) is 7.47. The summed E-state index contributed by atoms with van der Waals surface area (Å²) in [7, 11) is 1.86. The molecule has 0 spiro atoms. The van der Waals surface area contributed by atoms with Crippen LogP contribution in [0, 0.1) is 0 Å². The molecule has 0 aliphatic carbocycles. The van der Waals surface area contributed by atoms with Gasteiger partial charge in [-0.2, -0.15) is 0 Å². The number of carboxylic acid groups (broad SMARTS) is 1. The van der Waals surface area contributed by atoms with Gasteiger partial charge in [-0.15, -0.1) is 0 Å². The monoisotopic (exact) mass is 434 g/mol. The molecule has 0 aliphatic rings. The number of para-hydroxylation sites is 1. The normalized spacial score (nSPS) is 10.8. The molecule has 1 amide bonds. The Balaban J connectivity index is 1.45. The smallest absolute Gasteiger partial charge is 0.307 e. The van der Waals surface area contributed by atoms with Crippen molar-refractivity contribution in [3.8, 4) is 11.5 Å². The number of rotatable bonds is 6. The minimum absolute atomic E-state index is 0.106. The molecule has 31 heavy (non-hydrogen) atoms. The Kier molecular flexibility index (Phi) is 5.64. The number of carboxylic acids is 1.